The van der Waals surface area contributed by atoms with Crippen LogP contribution in [-0.4, -0.2) is 5.11 Å². The summed E-state index contributed by atoms with van der Waals surface area (Å²) in [5.74, 6) is 0.262. The number of nitrogens with zero attached hydrogens (tertiary/aromatic N) is 1. The zero-order valence-corrected chi connectivity index (χ0v) is 27.6. The van der Waals surface area contributed by atoms with Crippen molar-refractivity contribution in [3.8, 4) is 28.0 Å². The van der Waals surface area contributed by atoms with Crippen molar-refractivity contribution in [3.05, 3.63) is 182 Å². The first kappa shape index (κ1) is 29.1. The van der Waals surface area contributed by atoms with Gasteiger partial charge in [-0.25, -0.2) is 0 Å². The maximum absolute atomic E-state index is 9.84. The molecule has 0 saturated carbocycles. The Hall–Kier alpha value is -6.84. The van der Waals surface area contributed by atoms with Gasteiger partial charge in [0.05, 0.1) is 0 Å². The zero-order chi connectivity index (χ0) is 33.9. The second-order valence-electron chi connectivity index (χ2n) is 13.1. The Morgan fingerprint density at radius 1 is 0.353 bits per heavy atom. The van der Waals surface area contributed by atoms with E-state index in [1.807, 2.05) is 24.3 Å². The lowest BCUT2D eigenvalue weighted by Gasteiger charge is -2.26. The quantitative estimate of drug-likeness (QED) is 0.188. The third kappa shape index (κ3) is 4.82. The maximum Gasteiger partial charge on any atom is 0.143 e. The monoisotopic (exact) mass is 653 g/mol. The van der Waals surface area contributed by atoms with Gasteiger partial charge in [0.15, 0.2) is 0 Å². The molecule has 1 heterocycles. The first-order valence-corrected chi connectivity index (χ1v) is 17.2. The summed E-state index contributed by atoms with van der Waals surface area (Å²) < 4.78 is 6.39. The van der Waals surface area contributed by atoms with E-state index in [0.717, 1.165) is 61.3 Å². The van der Waals surface area contributed by atoms with Crippen LogP contribution in [0.4, 0.5) is 17.1 Å². The molecule has 51 heavy (non-hydrogen) atoms. The molecule has 0 atom stereocenters. The van der Waals surface area contributed by atoms with Crippen LogP contribution in [0.2, 0.25) is 0 Å². The SMILES string of the molecule is Oc1ccc(-c2ccc(N(c3ccc(-c4cccc5c4oc4ccccc45)cc3)c3ccc4c5ccccc5c5ccccc5c4c3)cc2)cc1. The van der Waals surface area contributed by atoms with Crippen LogP contribution in [0.3, 0.4) is 0 Å². The Bertz CT molecular complexity index is 2870. The van der Waals surface area contributed by atoms with Crippen molar-refractivity contribution in [3.63, 3.8) is 0 Å². The number of benzene rings is 9. The normalized spacial score (nSPS) is 11.6. The van der Waals surface area contributed by atoms with Gasteiger partial charge in [-0.1, -0.05) is 127 Å². The van der Waals surface area contributed by atoms with Crippen LogP contribution >= 0.6 is 0 Å². The van der Waals surface area contributed by atoms with Gasteiger partial charge < -0.3 is 14.4 Å². The van der Waals surface area contributed by atoms with Crippen LogP contribution in [0, 0.1) is 0 Å². The number of anilines is 3. The molecule has 1 aromatic heterocycles. The first-order chi connectivity index (χ1) is 25.2. The number of aromatic hydroxyl groups is 1. The summed E-state index contributed by atoms with van der Waals surface area (Å²) in [6.45, 7) is 0. The van der Waals surface area contributed by atoms with Gasteiger partial charge in [-0.2, -0.15) is 0 Å². The van der Waals surface area contributed by atoms with Crippen molar-refractivity contribution in [1.82, 2.24) is 0 Å². The molecule has 0 aliphatic rings. The molecule has 0 bridgehead atoms. The second-order valence-corrected chi connectivity index (χ2v) is 13.1. The highest BCUT2D eigenvalue weighted by molar-refractivity contribution is 6.25. The highest BCUT2D eigenvalue weighted by Crippen LogP contribution is 2.42. The fraction of sp³-hybridized carbons (Fsp3) is 0. The van der Waals surface area contributed by atoms with Gasteiger partial charge in [0.2, 0.25) is 0 Å². The number of para-hydroxylation sites is 2. The van der Waals surface area contributed by atoms with E-state index in [4.69, 9.17) is 4.42 Å². The van der Waals surface area contributed by atoms with Gasteiger partial charge in [-0.3, -0.25) is 0 Å². The predicted molar refractivity (Wildman–Crippen MR) is 213 cm³/mol. The number of fused-ring (bicyclic) bond motifs is 9. The van der Waals surface area contributed by atoms with E-state index in [1.165, 1.54) is 32.3 Å². The van der Waals surface area contributed by atoms with E-state index in [9.17, 15) is 5.11 Å². The summed E-state index contributed by atoms with van der Waals surface area (Å²) in [4.78, 5) is 2.33. The van der Waals surface area contributed by atoms with Gasteiger partial charge in [-0.05, 0) is 104 Å². The topological polar surface area (TPSA) is 36.6 Å². The minimum absolute atomic E-state index is 0.262. The molecule has 9 aromatic carbocycles. The van der Waals surface area contributed by atoms with Crippen LogP contribution < -0.4 is 4.90 Å². The van der Waals surface area contributed by atoms with E-state index in [0.29, 0.717) is 0 Å². The molecule has 10 aromatic rings. The van der Waals surface area contributed by atoms with E-state index in [-0.39, 0.29) is 5.75 Å². The lowest BCUT2D eigenvalue weighted by atomic mass is 9.94. The number of hydrogen-bond donors (Lipinski definition) is 1. The van der Waals surface area contributed by atoms with E-state index >= 15 is 0 Å². The molecule has 3 heteroatoms. The molecule has 10 rings (SSSR count). The fourth-order valence-electron chi connectivity index (χ4n) is 7.70. The summed E-state index contributed by atoms with van der Waals surface area (Å²) in [7, 11) is 0. The van der Waals surface area contributed by atoms with Crippen molar-refractivity contribution < 1.29 is 9.52 Å². The first-order valence-electron chi connectivity index (χ1n) is 17.2. The number of furan rings is 1. The summed E-state index contributed by atoms with van der Waals surface area (Å²) in [5.41, 5.74) is 9.30. The minimum Gasteiger partial charge on any atom is -0.508 e. The summed E-state index contributed by atoms with van der Waals surface area (Å²) in [6, 6.07) is 63.6. The Balaban J connectivity index is 1.13. The molecule has 1 N–H and O–H groups in total. The van der Waals surface area contributed by atoms with Gasteiger partial charge in [0, 0.05) is 33.4 Å². The number of phenolic OH excluding ortho intramolecular Hbond substituents is 1. The smallest absolute Gasteiger partial charge is 0.143 e. The molecule has 0 aliphatic carbocycles. The Morgan fingerprint density at radius 3 is 1.45 bits per heavy atom. The molecule has 0 spiro atoms. The van der Waals surface area contributed by atoms with Gasteiger partial charge in [0.1, 0.15) is 16.9 Å². The molecule has 3 nitrogen and oxygen atoms in total. The standard InChI is InChI=1S/C48H31NO2/c50-37-27-20-32(21-28-37)31-16-22-34(23-17-31)49(36-26-29-43-41-10-2-1-8-39(41)40-9-3-4-11-42(40)46(43)30-36)35-24-18-33(19-25-35)38-13-7-14-45-44-12-5-6-15-47(44)51-48(38)45/h1-30,50H. The zero-order valence-electron chi connectivity index (χ0n) is 27.6. The lowest BCUT2D eigenvalue weighted by Crippen LogP contribution is -2.10. The Labute approximate surface area is 294 Å². The maximum atomic E-state index is 9.84. The summed E-state index contributed by atoms with van der Waals surface area (Å²) in [5, 5.41) is 19.6. The van der Waals surface area contributed by atoms with Crippen molar-refractivity contribution in [2.24, 2.45) is 0 Å². The Kier molecular flexibility index (Phi) is 6.65. The fourth-order valence-corrected chi connectivity index (χ4v) is 7.70. The minimum atomic E-state index is 0.262. The predicted octanol–water partition coefficient (Wildman–Crippen LogP) is 13.6. The Morgan fingerprint density at radius 2 is 0.824 bits per heavy atom. The van der Waals surface area contributed by atoms with E-state index in [1.54, 1.807) is 12.1 Å². The highest BCUT2D eigenvalue weighted by Gasteiger charge is 2.17. The average Bonchev–Trinajstić information content (AvgIpc) is 3.58. The number of phenols is 1. The van der Waals surface area contributed by atoms with Crippen LogP contribution in [0.1, 0.15) is 0 Å². The largest absolute Gasteiger partial charge is 0.508 e. The highest BCUT2D eigenvalue weighted by atomic mass is 16.3. The van der Waals surface area contributed by atoms with E-state index in [2.05, 4.69) is 150 Å². The third-order valence-electron chi connectivity index (χ3n) is 10.2. The summed E-state index contributed by atoms with van der Waals surface area (Å²) >= 11 is 0. The average molecular weight is 654 g/mol. The van der Waals surface area contributed by atoms with Crippen molar-refractivity contribution in [2.75, 3.05) is 4.90 Å². The second kappa shape index (κ2) is 11.6. The van der Waals surface area contributed by atoms with Crippen LogP contribution in [0.25, 0.3) is 76.5 Å². The van der Waals surface area contributed by atoms with Gasteiger partial charge in [0.25, 0.3) is 0 Å². The van der Waals surface area contributed by atoms with E-state index < -0.39 is 0 Å². The van der Waals surface area contributed by atoms with Crippen molar-refractivity contribution in [2.45, 2.75) is 0 Å². The van der Waals surface area contributed by atoms with Gasteiger partial charge >= 0.3 is 0 Å². The molecule has 0 radical (unpaired) electrons. The number of hydrogen-bond acceptors (Lipinski definition) is 3. The molecule has 0 amide bonds. The molecule has 0 saturated heterocycles. The molecule has 0 aliphatic heterocycles. The molecule has 0 unspecified atom stereocenters. The van der Waals surface area contributed by atoms with Gasteiger partial charge in [-0.15, -0.1) is 0 Å². The number of rotatable bonds is 5. The lowest BCUT2D eigenvalue weighted by molar-refractivity contribution is 0.475. The summed E-state index contributed by atoms with van der Waals surface area (Å²) in [6.07, 6.45) is 0. The third-order valence-corrected chi connectivity index (χ3v) is 10.2. The van der Waals surface area contributed by atoms with Crippen LogP contribution in [0.5, 0.6) is 5.75 Å². The van der Waals surface area contributed by atoms with Crippen molar-refractivity contribution >= 4 is 71.3 Å². The molecule has 0 fully saturated rings. The molecular formula is C48H31NO2. The van der Waals surface area contributed by atoms with Crippen LogP contribution in [0.15, 0.2) is 186 Å². The van der Waals surface area contributed by atoms with Crippen LogP contribution in [-0.2, 0) is 0 Å². The van der Waals surface area contributed by atoms with Crippen molar-refractivity contribution in [1.29, 1.82) is 0 Å². The molecule has 240 valence electrons. The molecular weight excluding hydrogens is 623 g/mol.